The zero-order chi connectivity index (χ0) is 12.5. The van der Waals surface area contributed by atoms with E-state index in [4.69, 9.17) is 5.73 Å². The molecular formula is C11H14N6O. The molecule has 3 rings (SSSR count). The van der Waals surface area contributed by atoms with Crippen LogP contribution in [0.5, 0.6) is 0 Å². The SMILES string of the molecule is NC1CCN(c2n[nH]c(-c3c[nH]ccc3=O)n2)C1. The Balaban J connectivity index is 1.90. The van der Waals surface area contributed by atoms with Crippen molar-refractivity contribution in [3.63, 3.8) is 0 Å². The minimum absolute atomic E-state index is 0.0884. The van der Waals surface area contributed by atoms with E-state index in [9.17, 15) is 4.79 Å². The summed E-state index contributed by atoms with van der Waals surface area (Å²) in [6, 6.07) is 1.63. The number of nitrogens with one attached hydrogen (secondary N) is 2. The average Bonchev–Trinajstić information content (AvgIpc) is 2.98. The summed E-state index contributed by atoms with van der Waals surface area (Å²) in [6.07, 6.45) is 4.14. The minimum Gasteiger partial charge on any atom is -0.367 e. The zero-order valence-electron chi connectivity index (χ0n) is 9.76. The summed E-state index contributed by atoms with van der Waals surface area (Å²) in [4.78, 5) is 20.9. The summed E-state index contributed by atoms with van der Waals surface area (Å²) in [6.45, 7) is 1.60. The molecule has 0 saturated carbocycles. The highest BCUT2D eigenvalue weighted by atomic mass is 16.1. The van der Waals surface area contributed by atoms with Crippen LogP contribution >= 0.6 is 0 Å². The molecule has 0 bridgehead atoms. The Kier molecular flexibility index (Phi) is 2.60. The van der Waals surface area contributed by atoms with Gasteiger partial charge in [0.15, 0.2) is 11.3 Å². The van der Waals surface area contributed by atoms with Crippen molar-refractivity contribution < 1.29 is 0 Å². The summed E-state index contributed by atoms with van der Waals surface area (Å²) < 4.78 is 0. The average molecular weight is 246 g/mol. The highest BCUT2D eigenvalue weighted by Crippen LogP contribution is 2.17. The number of pyridine rings is 1. The highest BCUT2D eigenvalue weighted by molar-refractivity contribution is 5.54. The van der Waals surface area contributed by atoms with Crippen LogP contribution in [0, 0.1) is 0 Å². The number of anilines is 1. The molecule has 4 N–H and O–H groups in total. The second kappa shape index (κ2) is 4.26. The number of H-pyrrole nitrogens is 2. The lowest BCUT2D eigenvalue weighted by atomic mass is 10.3. The molecule has 1 saturated heterocycles. The van der Waals surface area contributed by atoms with Gasteiger partial charge in [0.2, 0.25) is 5.95 Å². The van der Waals surface area contributed by atoms with Gasteiger partial charge in [-0.05, 0) is 6.42 Å². The van der Waals surface area contributed by atoms with Gasteiger partial charge in [-0.1, -0.05) is 0 Å². The van der Waals surface area contributed by atoms with E-state index in [1.54, 1.807) is 12.4 Å². The Labute approximate surface area is 103 Å². The van der Waals surface area contributed by atoms with Crippen LogP contribution in [0.4, 0.5) is 5.95 Å². The molecule has 2 aromatic heterocycles. The van der Waals surface area contributed by atoms with E-state index in [-0.39, 0.29) is 11.5 Å². The quantitative estimate of drug-likeness (QED) is 0.674. The van der Waals surface area contributed by atoms with Crippen molar-refractivity contribution in [2.24, 2.45) is 5.73 Å². The molecular weight excluding hydrogens is 232 g/mol. The largest absolute Gasteiger partial charge is 0.367 e. The molecule has 0 amide bonds. The van der Waals surface area contributed by atoms with Crippen LogP contribution in [-0.2, 0) is 0 Å². The molecule has 0 aliphatic carbocycles. The van der Waals surface area contributed by atoms with Crippen molar-refractivity contribution in [1.29, 1.82) is 0 Å². The lowest BCUT2D eigenvalue weighted by Gasteiger charge is -2.11. The number of hydrogen-bond acceptors (Lipinski definition) is 5. The van der Waals surface area contributed by atoms with Crippen molar-refractivity contribution in [3.05, 3.63) is 28.7 Å². The van der Waals surface area contributed by atoms with Crippen molar-refractivity contribution in [1.82, 2.24) is 20.2 Å². The van der Waals surface area contributed by atoms with Crippen LogP contribution in [-0.4, -0.2) is 39.3 Å². The van der Waals surface area contributed by atoms with Crippen LogP contribution in [0.3, 0.4) is 0 Å². The molecule has 1 unspecified atom stereocenters. The first-order valence-corrected chi connectivity index (χ1v) is 5.84. The first kappa shape index (κ1) is 11.0. The maximum absolute atomic E-state index is 11.7. The van der Waals surface area contributed by atoms with Crippen molar-refractivity contribution in [2.75, 3.05) is 18.0 Å². The highest BCUT2D eigenvalue weighted by Gasteiger charge is 2.22. The number of aromatic nitrogens is 4. The Hall–Kier alpha value is -2.15. The lowest BCUT2D eigenvalue weighted by Crippen LogP contribution is -2.26. The second-order valence-corrected chi connectivity index (χ2v) is 4.40. The Morgan fingerprint density at radius 1 is 1.50 bits per heavy atom. The predicted molar refractivity (Wildman–Crippen MR) is 67.2 cm³/mol. The van der Waals surface area contributed by atoms with Crippen LogP contribution in [0.25, 0.3) is 11.4 Å². The predicted octanol–water partition coefficient (Wildman–Crippen LogP) is -0.303. The molecule has 18 heavy (non-hydrogen) atoms. The third-order valence-electron chi connectivity index (χ3n) is 3.06. The summed E-state index contributed by atoms with van der Waals surface area (Å²) in [5, 5.41) is 6.92. The standard InChI is InChI=1S/C11H14N6O/c12-7-2-4-17(6-7)11-14-10(15-16-11)8-5-13-3-1-9(8)18/h1,3,5,7H,2,4,6,12H2,(H,13,18)(H,14,15,16). The van der Waals surface area contributed by atoms with Gasteiger partial charge in [0.25, 0.3) is 0 Å². The summed E-state index contributed by atoms with van der Waals surface area (Å²) in [7, 11) is 0. The summed E-state index contributed by atoms with van der Waals surface area (Å²) in [5.74, 6) is 1.08. The molecule has 2 aromatic rings. The fourth-order valence-electron chi connectivity index (χ4n) is 2.08. The van der Waals surface area contributed by atoms with Crippen LogP contribution in [0.1, 0.15) is 6.42 Å². The van der Waals surface area contributed by atoms with E-state index in [2.05, 4.69) is 20.2 Å². The Morgan fingerprint density at radius 3 is 3.11 bits per heavy atom. The molecule has 0 aromatic carbocycles. The van der Waals surface area contributed by atoms with Gasteiger partial charge in [0.1, 0.15) is 0 Å². The number of rotatable bonds is 2. The molecule has 1 atom stereocenters. The third-order valence-corrected chi connectivity index (χ3v) is 3.06. The van der Waals surface area contributed by atoms with E-state index < -0.39 is 0 Å². The fraction of sp³-hybridized carbons (Fsp3) is 0.364. The monoisotopic (exact) mass is 246 g/mol. The first-order valence-electron chi connectivity index (χ1n) is 5.84. The minimum atomic E-state index is -0.0884. The molecule has 7 nitrogen and oxygen atoms in total. The molecule has 1 aliphatic rings. The van der Waals surface area contributed by atoms with Gasteiger partial charge in [-0.25, -0.2) is 0 Å². The van der Waals surface area contributed by atoms with Gasteiger partial charge in [-0.2, -0.15) is 4.98 Å². The van der Waals surface area contributed by atoms with Crippen molar-refractivity contribution >= 4 is 5.95 Å². The smallest absolute Gasteiger partial charge is 0.245 e. The van der Waals surface area contributed by atoms with Gasteiger partial charge in [0.05, 0.1) is 5.56 Å². The van der Waals surface area contributed by atoms with Gasteiger partial charge in [-0.3, -0.25) is 9.89 Å². The van der Waals surface area contributed by atoms with Crippen LogP contribution < -0.4 is 16.1 Å². The van der Waals surface area contributed by atoms with E-state index in [1.165, 1.54) is 6.07 Å². The molecule has 1 aliphatic heterocycles. The second-order valence-electron chi connectivity index (χ2n) is 4.40. The fourth-order valence-corrected chi connectivity index (χ4v) is 2.08. The molecule has 7 heteroatoms. The van der Waals surface area contributed by atoms with Gasteiger partial charge in [-0.15, -0.1) is 5.10 Å². The lowest BCUT2D eigenvalue weighted by molar-refractivity contribution is 0.750. The molecule has 94 valence electrons. The Bertz CT molecular complexity index is 603. The number of aromatic amines is 2. The summed E-state index contributed by atoms with van der Waals surface area (Å²) in [5.41, 5.74) is 6.24. The molecule has 0 spiro atoms. The first-order chi connectivity index (χ1) is 8.74. The zero-order valence-corrected chi connectivity index (χ0v) is 9.76. The maximum atomic E-state index is 11.7. The Morgan fingerprint density at radius 2 is 2.39 bits per heavy atom. The van der Waals surface area contributed by atoms with Crippen LogP contribution in [0.2, 0.25) is 0 Å². The topological polar surface area (TPSA) is 104 Å². The number of nitrogens with two attached hydrogens (primary N) is 1. The van der Waals surface area contributed by atoms with Gasteiger partial charge in [0, 0.05) is 37.6 Å². The summed E-state index contributed by atoms with van der Waals surface area (Å²) >= 11 is 0. The van der Waals surface area contributed by atoms with E-state index >= 15 is 0 Å². The van der Waals surface area contributed by atoms with Gasteiger partial charge >= 0.3 is 0 Å². The van der Waals surface area contributed by atoms with Crippen LogP contribution in [0.15, 0.2) is 23.3 Å². The van der Waals surface area contributed by atoms with Gasteiger partial charge < -0.3 is 15.6 Å². The normalized spacial score (nSPS) is 19.4. The van der Waals surface area contributed by atoms with E-state index in [0.29, 0.717) is 17.3 Å². The van der Waals surface area contributed by atoms with Crippen molar-refractivity contribution in [3.8, 4) is 11.4 Å². The molecule has 0 radical (unpaired) electrons. The van der Waals surface area contributed by atoms with Crippen molar-refractivity contribution in [2.45, 2.75) is 12.5 Å². The third kappa shape index (κ3) is 1.88. The molecule has 3 heterocycles. The molecule has 1 fully saturated rings. The maximum Gasteiger partial charge on any atom is 0.245 e. The van der Waals surface area contributed by atoms with E-state index in [0.717, 1.165) is 19.5 Å². The number of nitrogens with zero attached hydrogens (tertiary/aromatic N) is 3. The number of hydrogen-bond donors (Lipinski definition) is 3. The van der Waals surface area contributed by atoms with E-state index in [1.807, 2.05) is 4.90 Å².